The number of hydrogen-bond acceptors (Lipinski definition) is 3. The van der Waals surface area contributed by atoms with E-state index in [0.717, 1.165) is 24.4 Å². The predicted molar refractivity (Wildman–Crippen MR) is 59.0 cm³/mol. The van der Waals surface area contributed by atoms with E-state index < -0.39 is 0 Å². The summed E-state index contributed by atoms with van der Waals surface area (Å²) in [7, 11) is 1.98. The summed E-state index contributed by atoms with van der Waals surface area (Å²) in [5, 5.41) is 3.23. The predicted octanol–water partition coefficient (Wildman–Crippen LogP) is 2.09. The molecule has 0 aromatic heterocycles. The van der Waals surface area contributed by atoms with Crippen LogP contribution in [0.2, 0.25) is 0 Å². The molecule has 0 aromatic rings. The number of nitrogens with one attached hydrogen (secondary N) is 1. The summed E-state index contributed by atoms with van der Waals surface area (Å²) in [5.41, 5.74) is 1.33. The molecule has 1 atom stereocenters. The van der Waals surface area contributed by atoms with Crippen LogP contribution < -0.4 is 5.32 Å². The van der Waals surface area contributed by atoms with Crippen molar-refractivity contribution in [3.63, 3.8) is 0 Å². The molecule has 2 aliphatic rings. The van der Waals surface area contributed by atoms with Gasteiger partial charge in [0, 0.05) is 12.5 Å². The van der Waals surface area contributed by atoms with E-state index in [1.165, 1.54) is 5.57 Å². The Bertz CT molecular complexity index is 329. The third-order valence-electron chi connectivity index (χ3n) is 2.76. The van der Waals surface area contributed by atoms with Gasteiger partial charge < -0.3 is 14.8 Å². The standard InChI is InChI=1S/C12H17NO2/c1-9(13-2)7-10-3-5-11-12(6-4-10)15-8-14-11/h3-5,9,13H,6-8H2,1-2H3. The second-order valence-corrected chi connectivity index (χ2v) is 3.90. The summed E-state index contributed by atoms with van der Waals surface area (Å²) >= 11 is 0. The quantitative estimate of drug-likeness (QED) is 0.768. The summed E-state index contributed by atoms with van der Waals surface area (Å²) in [4.78, 5) is 0. The van der Waals surface area contributed by atoms with Gasteiger partial charge in [-0.25, -0.2) is 0 Å². The van der Waals surface area contributed by atoms with Crippen LogP contribution in [0.1, 0.15) is 19.8 Å². The third kappa shape index (κ3) is 2.42. The van der Waals surface area contributed by atoms with E-state index in [2.05, 4.69) is 24.4 Å². The summed E-state index contributed by atoms with van der Waals surface area (Å²) in [5.74, 6) is 1.84. The average Bonchev–Trinajstić information content (AvgIpc) is 2.62. The summed E-state index contributed by atoms with van der Waals surface area (Å²) in [6, 6.07) is 0.496. The third-order valence-corrected chi connectivity index (χ3v) is 2.76. The number of hydrogen-bond donors (Lipinski definition) is 1. The van der Waals surface area contributed by atoms with Crippen LogP contribution in [-0.2, 0) is 9.47 Å². The maximum Gasteiger partial charge on any atom is 0.230 e. The molecule has 3 nitrogen and oxygen atoms in total. The van der Waals surface area contributed by atoms with E-state index >= 15 is 0 Å². The summed E-state index contributed by atoms with van der Waals surface area (Å²) in [6.45, 7) is 2.54. The van der Waals surface area contributed by atoms with Gasteiger partial charge in [0.1, 0.15) is 5.76 Å². The van der Waals surface area contributed by atoms with Gasteiger partial charge in [-0.05, 0) is 32.0 Å². The molecular formula is C12H17NO2. The molecule has 1 aliphatic carbocycles. The second kappa shape index (κ2) is 4.53. The van der Waals surface area contributed by atoms with Gasteiger partial charge in [-0.15, -0.1) is 0 Å². The van der Waals surface area contributed by atoms with E-state index in [4.69, 9.17) is 9.47 Å². The number of allylic oxidation sites excluding steroid dienone is 3. The Hall–Kier alpha value is -1.22. The van der Waals surface area contributed by atoms with Gasteiger partial charge in [-0.1, -0.05) is 12.2 Å². The molecule has 0 saturated heterocycles. The molecule has 15 heavy (non-hydrogen) atoms. The van der Waals surface area contributed by atoms with Crippen molar-refractivity contribution >= 4 is 0 Å². The van der Waals surface area contributed by atoms with E-state index in [1.807, 2.05) is 13.1 Å². The van der Waals surface area contributed by atoms with E-state index in [-0.39, 0.29) is 0 Å². The van der Waals surface area contributed by atoms with Crippen molar-refractivity contribution in [3.05, 3.63) is 35.3 Å². The van der Waals surface area contributed by atoms with Crippen molar-refractivity contribution in [1.29, 1.82) is 0 Å². The first-order valence-corrected chi connectivity index (χ1v) is 5.32. The van der Waals surface area contributed by atoms with Gasteiger partial charge in [-0.3, -0.25) is 0 Å². The molecule has 1 N–H and O–H groups in total. The molecule has 0 bridgehead atoms. The first kappa shape index (κ1) is 10.3. The SMILES string of the molecule is CNC(C)CC1=CCC2=C(C=C1)OCO2. The molecule has 82 valence electrons. The zero-order chi connectivity index (χ0) is 10.7. The topological polar surface area (TPSA) is 30.5 Å². The van der Waals surface area contributed by atoms with Gasteiger partial charge in [0.2, 0.25) is 6.79 Å². The normalized spacial score (nSPS) is 21.3. The van der Waals surface area contributed by atoms with Crippen LogP contribution in [-0.4, -0.2) is 19.9 Å². The maximum absolute atomic E-state index is 5.36. The monoisotopic (exact) mass is 207 g/mol. The fraction of sp³-hybridized carbons (Fsp3) is 0.500. The van der Waals surface area contributed by atoms with Crippen LogP contribution in [0.5, 0.6) is 0 Å². The molecule has 1 unspecified atom stereocenters. The number of rotatable bonds is 3. The fourth-order valence-corrected chi connectivity index (χ4v) is 1.70. The molecule has 1 aliphatic heterocycles. The molecule has 0 spiro atoms. The zero-order valence-corrected chi connectivity index (χ0v) is 9.25. The highest BCUT2D eigenvalue weighted by atomic mass is 16.7. The van der Waals surface area contributed by atoms with Crippen molar-refractivity contribution < 1.29 is 9.47 Å². The van der Waals surface area contributed by atoms with Crippen LogP contribution in [0.3, 0.4) is 0 Å². The lowest BCUT2D eigenvalue weighted by atomic mass is 10.1. The minimum atomic E-state index is 0.366. The van der Waals surface area contributed by atoms with Crippen LogP contribution in [0.25, 0.3) is 0 Å². The highest BCUT2D eigenvalue weighted by Gasteiger charge is 2.16. The lowest BCUT2D eigenvalue weighted by molar-refractivity contribution is 0.0731. The Balaban J connectivity index is 2.01. The Morgan fingerprint density at radius 1 is 1.40 bits per heavy atom. The highest BCUT2D eigenvalue weighted by molar-refractivity contribution is 5.33. The largest absolute Gasteiger partial charge is 0.458 e. The van der Waals surface area contributed by atoms with Crippen LogP contribution in [0, 0.1) is 0 Å². The molecule has 0 saturated carbocycles. The first-order chi connectivity index (χ1) is 7.29. The van der Waals surface area contributed by atoms with E-state index in [9.17, 15) is 0 Å². The first-order valence-electron chi connectivity index (χ1n) is 5.32. The Morgan fingerprint density at radius 3 is 3.07 bits per heavy atom. The van der Waals surface area contributed by atoms with Crippen molar-refractivity contribution in [2.45, 2.75) is 25.8 Å². The van der Waals surface area contributed by atoms with Gasteiger partial charge in [-0.2, -0.15) is 0 Å². The maximum atomic E-state index is 5.36. The highest BCUT2D eigenvalue weighted by Crippen LogP contribution is 2.25. The molecule has 1 heterocycles. The molecule has 2 rings (SSSR count). The minimum absolute atomic E-state index is 0.366. The van der Waals surface area contributed by atoms with E-state index in [0.29, 0.717) is 12.8 Å². The van der Waals surface area contributed by atoms with Gasteiger partial charge in [0.15, 0.2) is 5.76 Å². The summed E-state index contributed by atoms with van der Waals surface area (Å²) < 4.78 is 10.7. The zero-order valence-electron chi connectivity index (χ0n) is 9.25. The fourth-order valence-electron chi connectivity index (χ4n) is 1.70. The van der Waals surface area contributed by atoms with Crippen molar-refractivity contribution in [2.24, 2.45) is 0 Å². The van der Waals surface area contributed by atoms with Gasteiger partial charge >= 0.3 is 0 Å². The lowest BCUT2D eigenvalue weighted by Crippen LogP contribution is -2.21. The minimum Gasteiger partial charge on any atom is -0.458 e. The molecule has 0 radical (unpaired) electrons. The Kier molecular flexibility index (Phi) is 3.11. The van der Waals surface area contributed by atoms with Crippen molar-refractivity contribution in [2.75, 3.05) is 13.8 Å². The lowest BCUT2D eigenvalue weighted by Gasteiger charge is -2.10. The summed E-state index contributed by atoms with van der Waals surface area (Å²) in [6.07, 6.45) is 8.21. The average molecular weight is 207 g/mol. The molecule has 3 heteroatoms. The number of ether oxygens (including phenoxy) is 2. The van der Waals surface area contributed by atoms with Crippen LogP contribution >= 0.6 is 0 Å². The van der Waals surface area contributed by atoms with Crippen molar-refractivity contribution in [1.82, 2.24) is 5.32 Å². The Morgan fingerprint density at radius 2 is 2.27 bits per heavy atom. The van der Waals surface area contributed by atoms with Crippen LogP contribution in [0.15, 0.2) is 35.3 Å². The molecule has 0 aromatic carbocycles. The molecule has 0 amide bonds. The van der Waals surface area contributed by atoms with Crippen LogP contribution in [0.4, 0.5) is 0 Å². The Labute approximate surface area is 90.5 Å². The van der Waals surface area contributed by atoms with Crippen molar-refractivity contribution in [3.8, 4) is 0 Å². The van der Waals surface area contributed by atoms with E-state index in [1.54, 1.807) is 0 Å². The second-order valence-electron chi connectivity index (χ2n) is 3.90. The molecular weight excluding hydrogens is 190 g/mol. The van der Waals surface area contributed by atoms with Gasteiger partial charge in [0.25, 0.3) is 0 Å². The van der Waals surface area contributed by atoms with Gasteiger partial charge in [0.05, 0.1) is 0 Å². The smallest absolute Gasteiger partial charge is 0.230 e. The molecule has 0 fully saturated rings.